The third-order valence-corrected chi connectivity index (χ3v) is 3.03. The molecule has 1 aromatic rings. The van der Waals surface area contributed by atoms with Crippen LogP contribution < -0.4 is 10.5 Å². The number of aryl methyl sites for hydroxylation is 1. The number of halogens is 2. The molecule has 1 aliphatic carbocycles. The maximum Gasteiger partial charge on any atom is 0.267 e. The SMILES string of the molecule is COc1c(C(F)F)cc(C)cc1C1(N)CC1. The van der Waals surface area contributed by atoms with Crippen molar-refractivity contribution in [2.24, 2.45) is 5.73 Å². The van der Waals surface area contributed by atoms with Crippen LogP contribution in [-0.4, -0.2) is 7.11 Å². The van der Waals surface area contributed by atoms with Crippen LogP contribution in [0.5, 0.6) is 5.75 Å². The van der Waals surface area contributed by atoms with E-state index in [2.05, 4.69) is 0 Å². The number of hydrogen-bond donors (Lipinski definition) is 1. The second-order valence-corrected chi connectivity index (χ2v) is 4.39. The first kappa shape index (κ1) is 11.3. The minimum Gasteiger partial charge on any atom is -0.496 e. The van der Waals surface area contributed by atoms with E-state index in [9.17, 15) is 8.78 Å². The van der Waals surface area contributed by atoms with Gasteiger partial charge in [0.2, 0.25) is 0 Å². The molecule has 2 nitrogen and oxygen atoms in total. The van der Waals surface area contributed by atoms with Gasteiger partial charge in [-0.25, -0.2) is 8.78 Å². The third-order valence-electron chi connectivity index (χ3n) is 3.03. The van der Waals surface area contributed by atoms with Crippen molar-refractivity contribution in [3.05, 3.63) is 28.8 Å². The molecule has 2 N–H and O–H groups in total. The van der Waals surface area contributed by atoms with Crippen LogP contribution in [0.4, 0.5) is 8.78 Å². The summed E-state index contributed by atoms with van der Waals surface area (Å²) in [7, 11) is 1.41. The Bertz CT molecular complexity index is 414. The average Bonchev–Trinajstić information content (AvgIpc) is 2.96. The molecule has 4 heteroatoms. The van der Waals surface area contributed by atoms with E-state index in [1.165, 1.54) is 13.2 Å². The monoisotopic (exact) mass is 227 g/mol. The van der Waals surface area contributed by atoms with Gasteiger partial charge in [0.1, 0.15) is 5.75 Å². The van der Waals surface area contributed by atoms with Gasteiger partial charge in [-0.05, 0) is 25.8 Å². The standard InChI is InChI=1S/C12H15F2NO/c1-7-5-8(11(13)14)10(16-2)9(6-7)12(15)3-4-12/h5-6,11H,3-4,15H2,1-2H3. The van der Waals surface area contributed by atoms with Gasteiger partial charge in [0, 0.05) is 11.1 Å². The van der Waals surface area contributed by atoms with Crippen LogP contribution in [0.2, 0.25) is 0 Å². The van der Waals surface area contributed by atoms with E-state index in [1.54, 1.807) is 6.92 Å². The zero-order valence-electron chi connectivity index (χ0n) is 9.39. The summed E-state index contributed by atoms with van der Waals surface area (Å²) in [4.78, 5) is 0. The minimum absolute atomic E-state index is 0.0609. The van der Waals surface area contributed by atoms with Gasteiger partial charge in [0.05, 0.1) is 12.7 Å². The predicted octanol–water partition coefficient (Wildman–Crippen LogP) is 2.89. The minimum atomic E-state index is -2.53. The lowest BCUT2D eigenvalue weighted by molar-refractivity contribution is 0.146. The molecule has 1 fully saturated rings. The first-order valence-electron chi connectivity index (χ1n) is 5.24. The summed E-state index contributed by atoms with van der Waals surface area (Å²) >= 11 is 0. The first-order valence-corrected chi connectivity index (χ1v) is 5.24. The summed E-state index contributed by atoms with van der Waals surface area (Å²) in [6.07, 6.45) is -0.874. The molecule has 2 rings (SSSR count). The summed E-state index contributed by atoms with van der Waals surface area (Å²) in [5, 5.41) is 0. The highest BCUT2D eigenvalue weighted by atomic mass is 19.3. The van der Waals surface area contributed by atoms with E-state index in [1.807, 2.05) is 6.07 Å². The second kappa shape index (κ2) is 3.70. The van der Waals surface area contributed by atoms with Gasteiger partial charge in [-0.3, -0.25) is 0 Å². The van der Waals surface area contributed by atoms with Crippen LogP contribution in [0.1, 0.15) is 36.0 Å². The predicted molar refractivity (Wildman–Crippen MR) is 57.8 cm³/mol. The lowest BCUT2D eigenvalue weighted by Gasteiger charge is -2.18. The van der Waals surface area contributed by atoms with Crippen molar-refractivity contribution in [3.63, 3.8) is 0 Å². The van der Waals surface area contributed by atoms with Crippen LogP contribution in [0.15, 0.2) is 12.1 Å². The maximum atomic E-state index is 12.9. The van der Waals surface area contributed by atoms with Gasteiger partial charge >= 0.3 is 0 Å². The van der Waals surface area contributed by atoms with Crippen LogP contribution in [0.25, 0.3) is 0 Å². The Morgan fingerprint density at radius 2 is 2.00 bits per heavy atom. The second-order valence-electron chi connectivity index (χ2n) is 4.39. The molecule has 0 spiro atoms. The molecule has 0 saturated heterocycles. The van der Waals surface area contributed by atoms with Crippen molar-refractivity contribution in [2.45, 2.75) is 31.7 Å². The van der Waals surface area contributed by atoms with Gasteiger partial charge in [-0.1, -0.05) is 11.6 Å². The highest BCUT2D eigenvalue weighted by Crippen LogP contribution is 2.49. The summed E-state index contributed by atoms with van der Waals surface area (Å²) in [6.45, 7) is 1.79. The van der Waals surface area contributed by atoms with Crippen LogP contribution in [0.3, 0.4) is 0 Å². The van der Waals surface area contributed by atoms with E-state index in [0.717, 1.165) is 18.4 Å². The molecule has 0 unspecified atom stereocenters. The molecule has 0 bridgehead atoms. The number of nitrogens with two attached hydrogens (primary N) is 1. The van der Waals surface area contributed by atoms with Crippen LogP contribution >= 0.6 is 0 Å². The lowest BCUT2D eigenvalue weighted by atomic mass is 9.98. The van der Waals surface area contributed by atoms with E-state index < -0.39 is 12.0 Å². The molecule has 0 aromatic heterocycles. The fraction of sp³-hybridized carbons (Fsp3) is 0.500. The number of benzene rings is 1. The topological polar surface area (TPSA) is 35.2 Å². The van der Waals surface area contributed by atoms with Gasteiger partial charge < -0.3 is 10.5 Å². The molecule has 88 valence electrons. The van der Waals surface area contributed by atoms with Crippen molar-refractivity contribution in [1.82, 2.24) is 0 Å². The summed E-state index contributed by atoms with van der Waals surface area (Å²) in [6, 6.07) is 3.30. The number of methoxy groups -OCH3 is 1. The van der Waals surface area contributed by atoms with Crippen molar-refractivity contribution in [3.8, 4) is 5.75 Å². The number of rotatable bonds is 3. The molecular weight excluding hydrogens is 212 g/mol. The van der Waals surface area contributed by atoms with Crippen molar-refractivity contribution >= 4 is 0 Å². The van der Waals surface area contributed by atoms with Crippen molar-refractivity contribution < 1.29 is 13.5 Å². The van der Waals surface area contributed by atoms with E-state index in [4.69, 9.17) is 10.5 Å². The molecule has 0 aliphatic heterocycles. The lowest BCUT2D eigenvalue weighted by Crippen LogP contribution is -2.20. The Hall–Kier alpha value is -1.16. The fourth-order valence-electron chi connectivity index (χ4n) is 1.96. The Labute approximate surface area is 93.4 Å². The molecule has 0 amide bonds. The molecule has 0 radical (unpaired) electrons. The van der Waals surface area contributed by atoms with Gasteiger partial charge in [0.25, 0.3) is 6.43 Å². The van der Waals surface area contributed by atoms with Crippen LogP contribution in [0, 0.1) is 6.92 Å². The number of hydrogen-bond acceptors (Lipinski definition) is 2. The Kier molecular flexibility index (Phi) is 2.62. The summed E-state index contributed by atoms with van der Waals surface area (Å²) < 4.78 is 30.8. The van der Waals surface area contributed by atoms with Crippen molar-refractivity contribution in [2.75, 3.05) is 7.11 Å². The molecule has 16 heavy (non-hydrogen) atoms. The highest BCUT2D eigenvalue weighted by molar-refractivity contribution is 5.50. The Morgan fingerprint density at radius 1 is 1.38 bits per heavy atom. The molecule has 1 aliphatic rings. The van der Waals surface area contributed by atoms with E-state index in [0.29, 0.717) is 5.56 Å². The molecule has 1 saturated carbocycles. The maximum absolute atomic E-state index is 12.9. The largest absolute Gasteiger partial charge is 0.496 e. The van der Waals surface area contributed by atoms with Gasteiger partial charge in [-0.2, -0.15) is 0 Å². The van der Waals surface area contributed by atoms with Crippen LogP contribution in [-0.2, 0) is 5.54 Å². The zero-order chi connectivity index (χ0) is 11.9. The third kappa shape index (κ3) is 1.78. The number of ether oxygens (including phenoxy) is 1. The van der Waals surface area contributed by atoms with E-state index in [-0.39, 0.29) is 11.3 Å². The fourth-order valence-corrected chi connectivity index (χ4v) is 1.96. The highest BCUT2D eigenvalue weighted by Gasteiger charge is 2.43. The Balaban J connectivity index is 2.59. The number of alkyl halides is 2. The first-order chi connectivity index (χ1) is 7.48. The summed E-state index contributed by atoms with van der Waals surface area (Å²) in [5.74, 6) is 0.251. The zero-order valence-corrected chi connectivity index (χ0v) is 9.39. The van der Waals surface area contributed by atoms with Gasteiger partial charge in [0.15, 0.2) is 0 Å². The normalized spacial score (nSPS) is 17.6. The Morgan fingerprint density at radius 3 is 2.44 bits per heavy atom. The molecular formula is C12H15F2NO. The van der Waals surface area contributed by atoms with Gasteiger partial charge in [-0.15, -0.1) is 0 Å². The smallest absolute Gasteiger partial charge is 0.267 e. The van der Waals surface area contributed by atoms with Crippen molar-refractivity contribution in [1.29, 1.82) is 0 Å². The molecule has 1 aromatic carbocycles. The quantitative estimate of drug-likeness (QED) is 0.861. The summed E-state index contributed by atoms with van der Waals surface area (Å²) in [5.41, 5.74) is 7.05. The molecule has 0 atom stereocenters. The molecule has 0 heterocycles. The van der Waals surface area contributed by atoms with E-state index >= 15 is 0 Å². The average molecular weight is 227 g/mol.